The van der Waals surface area contributed by atoms with Crippen LogP contribution in [0.4, 0.5) is 4.39 Å². The van der Waals surface area contributed by atoms with E-state index in [4.69, 9.17) is 4.74 Å². The number of nitriles is 1. The lowest BCUT2D eigenvalue weighted by atomic mass is 9.92. The molecule has 1 rings (SSSR count). The fourth-order valence-corrected chi connectivity index (χ4v) is 2.02. The quantitative estimate of drug-likeness (QED) is 0.733. The minimum absolute atomic E-state index is 0.269. The van der Waals surface area contributed by atoms with Crippen LogP contribution < -0.4 is 10.1 Å². The van der Waals surface area contributed by atoms with Gasteiger partial charge in [0.2, 0.25) is 0 Å². The molecule has 1 unspecified atom stereocenters. The average molecular weight is 264 g/mol. The third-order valence-corrected chi connectivity index (χ3v) is 3.17. The van der Waals surface area contributed by atoms with Gasteiger partial charge in [-0.05, 0) is 37.9 Å². The second-order valence-corrected chi connectivity index (χ2v) is 4.46. The van der Waals surface area contributed by atoms with Crippen LogP contribution in [0.3, 0.4) is 0 Å². The van der Waals surface area contributed by atoms with E-state index in [1.807, 2.05) is 13.8 Å². The van der Waals surface area contributed by atoms with E-state index in [9.17, 15) is 9.65 Å². The number of hydrogen-bond acceptors (Lipinski definition) is 3. The molecule has 0 fully saturated rings. The first kappa shape index (κ1) is 15.5. The Morgan fingerprint density at radius 2 is 2.11 bits per heavy atom. The van der Waals surface area contributed by atoms with Crippen LogP contribution in [-0.2, 0) is 0 Å². The summed E-state index contributed by atoms with van der Waals surface area (Å²) in [4.78, 5) is 0. The number of rotatable bonds is 8. The van der Waals surface area contributed by atoms with Crippen molar-refractivity contribution in [3.05, 3.63) is 30.1 Å². The Labute approximate surface area is 114 Å². The minimum Gasteiger partial charge on any atom is -0.491 e. The van der Waals surface area contributed by atoms with Crippen LogP contribution in [0.5, 0.6) is 5.75 Å². The molecule has 3 nitrogen and oxygen atoms in total. The van der Waals surface area contributed by atoms with Gasteiger partial charge < -0.3 is 4.74 Å². The summed E-state index contributed by atoms with van der Waals surface area (Å²) in [5.41, 5.74) is -0.493. The first-order chi connectivity index (χ1) is 9.17. The molecule has 4 heteroatoms. The molecular weight excluding hydrogens is 243 g/mol. The Balaban J connectivity index is 2.42. The van der Waals surface area contributed by atoms with Gasteiger partial charge in [0.15, 0.2) is 11.6 Å². The molecule has 0 aliphatic carbocycles. The summed E-state index contributed by atoms with van der Waals surface area (Å²) >= 11 is 0. The monoisotopic (exact) mass is 264 g/mol. The molecule has 0 heterocycles. The van der Waals surface area contributed by atoms with E-state index in [2.05, 4.69) is 11.4 Å². The Bertz CT molecular complexity index is 430. The van der Waals surface area contributed by atoms with E-state index in [1.54, 1.807) is 18.2 Å². The van der Waals surface area contributed by atoms with Crippen molar-refractivity contribution in [3.63, 3.8) is 0 Å². The predicted molar refractivity (Wildman–Crippen MR) is 73.4 cm³/mol. The first-order valence-corrected chi connectivity index (χ1v) is 6.71. The van der Waals surface area contributed by atoms with Crippen LogP contribution in [0.1, 0.15) is 33.1 Å². The van der Waals surface area contributed by atoms with Gasteiger partial charge in [0.1, 0.15) is 5.54 Å². The lowest BCUT2D eigenvalue weighted by Gasteiger charge is -2.25. The molecule has 0 aliphatic rings. The molecule has 0 bridgehead atoms. The highest BCUT2D eigenvalue weighted by Crippen LogP contribution is 2.19. The number of hydrogen-bond donors (Lipinski definition) is 1. The molecule has 1 N–H and O–H groups in total. The Kier molecular flexibility index (Phi) is 6.31. The van der Waals surface area contributed by atoms with Crippen LogP contribution in [0.15, 0.2) is 24.3 Å². The number of ether oxygens (including phenoxy) is 1. The van der Waals surface area contributed by atoms with Gasteiger partial charge in [-0.1, -0.05) is 26.0 Å². The summed E-state index contributed by atoms with van der Waals surface area (Å²) < 4.78 is 18.7. The van der Waals surface area contributed by atoms with Gasteiger partial charge in [0, 0.05) is 0 Å². The van der Waals surface area contributed by atoms with Gasteiger partial charge in [-0.25, -0.2) is 4.39 Å². The zero-order valence-electron chi connectivity index (χ0n) is 11.6. The third kappa shape index (κ3) is 4.53. The van der Waals surface area contributed by atoms with Crippen molar-refractivity contribution in [3.8, 4) is 11.8 Å². The summed E-state index contributed by atoms with van der Waals surface area (Å²) in [7, 11) is 0. The van der Waals surface area contributed by atoms with Crippen LogP contribution in [0.25, 0.3) is 0 Å². The molecule has 0 saturated heterocycles. The predicted octanol–water partition coefficient (Wildman–Crippen LogP) is 3.27. The summed E-state index contributed by atoms with van der Waals surface area (Å²) in [6.45, 7) is 5.15. The Morgan fingerprint density at radius 1 is 1.37 bits per heavy atom. The molecule has 0 saturated carbocycles. The van der Waals surface area contributed by atoms with Crippen LogP contribution in [0, 0.1) is 17.1 Å². The number of nitrogens with zero attached hydrogens (tertiary/aromatic N) is 1. The molecule has 0 aliphatic heterocycles. The lowest BCUT2D eigenvalue weighted by Crippen LogP contribution is -2.43. The summed E-state index contributed by atoms with van der Waals surface area (Å²) in [5.74, 6) is -0.0822. The van der Waals surface area contributed by atoms with Gasteiger partial charge in [0.25, 0.3) is 0 Å². The number of para-hydroxylation sites is 1. The van der Waals surface area contributed by atoms with Crippen molar-refractivity contribution in [1.82, 2.24) is 5.32 Å². The smallest absolute Gasteiger partial charge is 0.165 e. The summed E-state index contributed by atoms with van der Waals surface area (Å²) in [6, 6.07) is 8.69. The van der Waals surface area contributed by atoms with Crippen LogP contribution in [-0.4, -0.2) is 18.7 Å². The van der Waals surface area contributed by atoms with E-state index in [-0.39, 0.29) is 11.6 Å². The fourth-order valence-electron chi connectivity index (χ4n) is 2.02. The van der Waals surface area contributed by atoms with Gasteiger partial charge in [-0.2, -0.15) is 5.26 Å². The van der Waals surface area contributed by atoms with Crippen molar-refractivity contribution in [2.24, 2.45) is 0 Å². The normalized spacial score (nSPS) is 13.6. The highest BCUT2D eigenvalue weighted by Gasteiger charge is 2.25. The summed E-state index contributed by atoms with van der Waals surface area (Å²) in [5, 5.41) is 12.5. The van der Waals surface area contributed by atoms with E-state index in [1.165, 1.54) is 6.07 Å². The van der Waals surface area contributed by atoms with Crippen LogP contribution >= 0.6 is 0 Å². The van der Waals surface area contributed by atoms with Crippen molar-refractivity contribution in [2.75, 3.05) is 13.2 Å². The lowest BCUT2D eigenvalue weighted by molar-refractivity contribution is 0.268. The molecule has 104 valence electrons. The van der Waals surface area contributed by atoms with Crippen molar-refractivity contribution < 1.29 is 9.13 Å². The van der Waals surface area contributed by atoms with Gasteiger partial charge in [0.05, 0.1) is 12.7 Å². The Morgan fingerprint density at radius 3 is 2.68 bits per heavy atom. The standard InChI is InChI=1S/C15H21FN2O/c1-3-15(12-17,18-4-2)10-7-11-19-14-9-6-5-8-13(14)16/h5-6,8-9,18H,3-4,7,10-11H2,1-2H3. The second-order valence-electron chi connectivity index (χ2n) is 4.46. The fraction of sp³-hybridized carbons (Fsp3) is 0.533. The van der Waals surface area contributed by atoms with Gasteiger partial charge in [-0.3, -0.25) is 5.32 Å². The Hall–Kier alpha value is -1.60. The van der Waals surface area contributed by atoms with Crippen molar-refractivity contribution in [2.45, 2.75) is 38.6 Å². The number of benzene rings is 1. The van der Waals surface area contributed by atoms with E-state index >= 15 is 0 Å². The molecule has 1 aromatic carbocycles. The average Bonchev–Trinajstić information content (AvgIpc) is 2.44. The number of nitrogens with one attached hydrogen (secondary N) is 1. The molecule has 0 aromatic heterocycles. The SMILES string of the molecule is CCNC(C#N)(CC)CCCOc1ccccc1F. The molecule has 0 radical (unpaired) electrons. The van der Waals surface area contributed by atoms with Gasteiger partial charge in [-0.15, -0.1) is 0 Å². The van der Waals surface area contributed by atoms with Crippen molar-refractivity contribution >= 4 is 0 Å². The van der Waals surface area contributed by atoms with Gasteiger partial charge >= 0.3 is 0 Å². The highest BCUT2D eigenvalue weighted by molar-refractivity contribution is 5.23. The molecular formula is C15H21FN2O. The topological polar surface area (TPSA) is 45.0 Å². The maximum atomic E-state index is 13.3. The molecule has 0 spiro atoms. The zero-order chi connectivity index (χ0) is 14.1. The largest absolute Gasteiger partial charge is 0.491 e. The maximum absolute atomic E-state index is 13.3. The molecule has 1 atom stereocenters. The minimum atomic E-state index is -0.493. The van der Waals surface area contributed by atoms with Crippen LogP contribution in [0.2, 0.25) is 0 Å². The second kappa shape index (κ2) is 7.75. The summed E-state index contributed by atoms with van der Waals surface area (Å²) in [6.07, 6.45) is 2.15. The van der Waals surface area contributed by atoms with E-state index in [0.717, 1.165) is 13.0 Å². The molecule has 19 heavy (non-hydrogen) atoms. The number of halogens is 1. The molecule has 1 aromatic rings. The highest BCUT2D eigenvalue weighted by atomic mass is 19.1. The third-order valence-electron chi connectivity index (χ3n) is 3.17. The zero-order valence-corrected chi connectivity index (χ0v) is 11.6. The first-order valence-electron chi connectivity index (χ1n) is 6.71. The van der Waals surface area contributed by atoms with E-state index < -0.39 is 5.54 Å². The maximum Gasteiger partial charge on any atom is 0.165 e. The van der Waals surface area contributed by atoms with Crippen molar-refractivity contribution in [1.29, 1.82) is 5.26 Å². The van der Waals surface area contributed by atoms with E-state index in [0.29, 0.717) is 19.4 Å². The molecule has 0 amide bonds.